The predicted octanol–water partition coefficient (Wildman–Crippen LogP) is 2.58. The van der Waals surface area contributed by atoms with E-state index in [9.17, 15) is 14.9 Å². The van der Waals surface area contributed by atoms with Gasteiger partial charge in [0.25, 0.3) is 5.69 Å². The van der Waals surface area contributed by atoms with Gasteiger partial charge < -0.3 is 29.3 Å². The first-order chi connectivity index (χ1) is 16.0. The van der Waals surface area contributed by atoms with Crippen LogP contribution < -0.4 is 4.90 Å². The number of azo groups is 1. The predicted molar refractivity (Wildman–Crippen MR) is 118 cm³/mol. The minimum absolute atomic E-state index is 0.0202. The van der Waals surface area contributed by atoms with Crippen molar-refractivity contribution in [1.82, 2.24) is 0 Å². The van der Waals surface area contributed by atoms with Crippen molar-refractivity contribution in [2.24, 2.45) is 10.2 Å². The van der Waals surface area contributed by atoms with Gasteiger partial charge in [-0.15, -0.1) is 5.11 Å². The summed E-state index contributed by atoms with van der Waals surface area (Å²) in [7, 11) is 1.51. The van der Waals surface area contributed by atoms with Crippen molar-refractivity contribution in [2.75, 3.05) is 58.3 Å². The first-order valence-electron chi connectivity index (χ1n) is 10.0. The fourth-order valence-corrected chi connectivity index (χ4v) is 2.71. The summed E-state index contributed by atoms with van der Waals surface area (Å²) in [6.45, 7) is 0.885. The molecule has 2 N–H and O–H groups in total. The van der Waals surface area contributed by atoms with Gasteiger partial charge >= 0.3 is 5.97 Å². The van der Waals surface area contributed by atoms with Crippen molar-refractivity contribution in [1.29, 1.82) is 0 Å². The Balaban J connectivity index is 2.10. The Morgan fingerprint density at radius 3 is 2.36 bits per heavy atom. The van der Waals surface area contributed by atoms with Crippen molar-refractivity contribution in [3.8, 4) is 0 Å². The highest BCUT2D eigenvalue weighted by Crippen LogP contribution is 2.30. The van der Waals surface area contributed by atoms with Crippen LogP contribution in [0.4, 0.5) is 22.7 Å². The van der Waals surface area contributed by atoms with E-state index in [1.165, 1.54) is 19.2 Å². The highest BCUT2D eigenvalue weighted by Gasteiger charge is 2.18. The number of nitrogens with zero attached hydrogens (tertiary/aromatic N) is 4. The van der Waals surface area contributed by atoms with Crippen molar-refractivity contribution in [2.45, 2.75) is 0 Å². The molecule has 2 aromatic rings. The Morgan fingerprint density at radius 1 is 1.06 bits per heavy atom. The van der Waals surface area contributed by atoms with Crippen molar-refractivity contribution < 1.29 is 34.1 Å². The second-order valence-corrected chi connectivity index (χ2v) is 6.56. The third kappa shape index (κ3) is 8.20. The number of rotatable bonds is 14. The topological polar surface area (TPSA) is 156 Å². The number of nitro benzene ring substituents is 1. The van der Waals surface area contributed by atoms with Crippen LogP contribution in [0.5, 0.6) is 0 Å². The van der Waals surface area contributed by atoms with Gasteiger partial charge in [-0.05, 0) is 36.4 Å². The summed E-state index contributed by atoms with van der Waals surface area (Å²) >= 11 is 0. The molecule has 33 heavy (non-hydrogen) atoms. The minimum Gasteiger partial charge on any atom is -0.435 e. The summed E-state index contributed by atoms with van der Waals surface area (Å²) in [4.78, 5) is 24.7. The molecular weight excluding hydrogens is 436 g/mol. The Labute approximate surface area is 190 Å². The number of carbonyl (C=O) groups is 1. The second kappa shape index (κ2) is 13.9. The summed E-state index contributed by atoms with van der Waals surface area (Å²) in [6, 6.07) is 10.5. The molecule has 0 atom stereocenters. The molecule has 12 heteroatoms. The van der Waals surface area contributed by atoms with Crippen LogP contribution in [0.15, 0.2) is 52.7 Å². The lowest BCUT2D eigenvalue weighted by Crippen LogP contribution is -2.29. The Morgan fingerprint density at radius 2 is 1.76 bits per heavy atom. The fraction of sp³-hybridized carbons (Fsp3) is 0.381. The zero-order chi connectivity index (χ0) is 24.1. The van der Waals surface area contributed by atoms with E-state index in [4.69, 9.17) is 24.4 Å². The van der Waals surface area contributed by atoms with Crippen LogP contribution in [0.2, 0.25) is 0 Å². The van der Waals surface area contributed by atoms with Gasteiger partial charge in [-0.25, -0.2) is 4.79 Å². The van der Waals surface area contributed by atoms with Gasteiger partial charge in [0.05, 0.1) is 42.6 Å². The number of aliphatic hydroxyl groups excluding tert-OH is 2. The summed E-state index contributed by atoms with van der Waals surface area (Å²) in [6.07, 6.45) is 0. The Bertz CT molecular complexity index is 930. The summed E-state index contributed by atoms with van der Waals surface area (Å²) in [5, 5.41) is 37.7. The number of esters is 1. The van der Waals surface area contributed by atoms with Crippen LogP contribution in [0.25, 0.3) is 0 Å². The molecule has 0 amide bonds. The first-order valence-corrected chi connectivity index (χ1v) is 10.0. The molecule has 0 aliphatic rings. The van der Waals surface area contributed by atoms with Crippen LogP contribution in [-0.4, -0.2) is 74.5 Å². The number of methoxy groups -OCH3 is 1. The molecule has 0 fully saturated rings. The van der Waals surface area contributed by atoms with Crippen molar-refractivity contribution in [3.63, 3.8) is 0 Å². The number of benzene rings is 2. The number of carbonyl (C=O) groups excluding carboxylic acids is 1. The second-order valence-electron chi connectivity index (χ2n) is 6.56. The van der Waals surface area contributed by atoms with E-state index >= 15 is 0 Å². The molecule has 0 spiro atoms. The normalized spacial score (nSPS) is 11.0. The number of hydrogen-bond donors (Lipinski definition) is 2. The summed E-state index contributed by atoms with van der Waals surface area (Å²) < 4.78 is 14.8. The third-order valence-electron chi connectivity index (χ3n) is 4.34. The molecule has 0 bridgehead atoms. The van der Waals surface area contributed by atoms with Gasteiger partial charge in [-0.2, -0.15) is 5.11 Å². The van der Waals surface area contributed by atoms with Crippen molar-refractivity contribution in [3.05, 3.63) is 58.1 Å². The maximum Gasteiger partial charge on any atom is 0.340 e. The van der Waals surface area contributed by atoms with E-state index in [-0.39, 0.29) is 37.9 Å². The minimum atomic E-state index is -0.773. The SMILES string of the molecule is COCCOCOC(=O)c1ccc(N=Nc2ccc(N(CCO)CCO)cc2)c([N+](=O)[O-])c1. The Hall–Kier alpha value is -3.45. The molecule has 12 nitrogen and oxygen atoms in total. The molecule has 0 saturated carbocycles. The first kappa shape index (κ1) is 25.8. The quantitative estimate of drug-likeness (QED) is 0.108. The van der Waals surface area contributed by atoms with E-state index < -0.39 is 16.6 Å². The average molecular weight is 462 g/mol. The van der Waals surface area contributed by atoms with Gasteiger partial charge in [-0.1, -0.05) is 0 Å². The number of hydrogen-bond acceptors (Lipinski definition) is 11. The molecule has 0 radical (unpaired) electrons. The fourth-order valence-electron chi connectivity index (χ4n) is 2.71. The van der Waals surface area contributed by atoms with Crippen LogP contribution in [0.3, 0.4) is 0 Å². The highest BCUT2D eigenvalue weighted by atomic mass is 16.7. The number of anilines is 1. The highest BCUT2D eigenvalue weighted by molar-refractivity contribution is 5.91. The van der Waals surface area contributed by atoms with Crippen LogP contribution in [-0.2, 0) is 14.2 Å². The van der Waals surface area contributed by atoms with Gasteiger partial charge in [0.1, 0.15) is 0 Å². The molecule has 0 aliphatic carbocycles. The van der Waals surface area contributed by atoms with Crippen molar-refractivity contribution >= 4 is 28.7 Å². The Kier molecular flexibility index (Phi) is 10.8. The van der Waals surface area contributed by atoms with Crippen LogP contribution in [0.1, 0.15) is 10.4 Å². The smallest absolute Gasteiger partial charge is 0.340 e. The molecular formula is C21H26N4O8. The monoisotopic (exact) mass is 462 g/mol. The van der Waals surface area contributed by atoms with E-state index in [0.717, 1.165) is 11.8 Å². The summed E-state index contributed by atoms with van der Waals surface area (Å²) in [5.74, 6) is -0.773. The standard InChI is InChI=1S/C21H26N4O8/c1-31-12-13-32-15-33-21(28)16-2-7-19(20(14-16)25(29)30)23-22-17-3-5-18(6-4-17)24(8-10-26)9-11-27/h2-7,14,26-27H,8-13,15H2,1H3. The van der Waals surface area contributed by atoms with E-state index in [0.29, 0.717) is 25.4 Å². The molecule has 178 valence electrons. The van der Waals surface area contributed by atoms with E-state index in [1.807, 2.05) is 0 Å². The molecule has 2 rings (SSSR count). The van der Waals surface area contributed by atoms with Gasteiger partial charge in [0, 0.05) is 32.0 Å². The van der Waals surface area contributed by atoms with E-state index in [1.54, 1.807) is 29.2 Å². The third-order valence-corrected chi connectivity index (χ3v) is 4.34. The molecule has 0 saturated heterocycles. The van der Waals surface area contributed by atoms with Crippen LogP contribution >= 0.6 is 0 Å². The zero-order valence-electron chi connectivity index (χ0n) is 18.1. The van der Waals surface area contributed by atoms with Gasteiger partial charge in [-0.3, -0.25) is 10.1 Å². The lowest BCUT2D eigenvalue weighted by molar-refractivity contribution is -0.384. The molecule has 0 aliphatic heterocycles. The van der Waals surface area contributed by atoms with Gasteiger partial charge in [0.15, 0.2) is 12.5 Å². The molecule has 0 unspecified atom stereocenters. The zero-order valence-corrected chi connectivity index (χ0v) is 18.1. The lowest BCUT2D eigenvalue weighted by Gasteiger charge is -2.22. The molecule has 0 aromatic heterocycles. The summed E-state index contributed by atoms with van der Waals surface area (Å²) in [5.41, 5.74) is 0.768. The maximum atomic E-state index is 12.1. The maximum absolute atomic E-state index is 12.1. The van der Waals surface area contributed by atoms with E-state index in [2.05, 4.69) is 10.2 Å². The molecule has 0 heterocycles. The average Bonchev–Trinajstić information content (AvgIpc) is 2.82. The number of ether oxygens (including phenoxy) is 3. The largest absolute Gasteiger partial charge is 0.435 e. The lowest BCUT2D eigenvalue weighted by atomic mass is 10.2. The molecule has 2 aromatic carbocycles. The van der Waals surface area contributed by atoms with Gasteiger partial charge in [0.2, 0.25) is 0 Å². The number of aliphatic hydroxyl groups is 2. The van der Waals surface area contributed by atoms with Crippen LogP contribution in [0, 0.1) is 10.1 Å². The number of nitro groups is 1.